The molecular weight excluding hydrogens is 462 g/mol. The minimum Gasteiger partial charge on any atom is -0.593 e. The Bertz CT molecular complexity index is 1150. The second-order valence-corrected chi connectivity index (χ2v) is 10.5. The molecule has 2 aliphatic heterocycles. The number of amides is 1. The number of imidazole rings is 1. The summed E-state index contributed by atoms with van der Waals surface area (Å²) in [7, 11) is 0. The van der Waals surface area contributed by atoms with Crippen LogP contribution in [0.25, 0.3) is 0 Å². The number of nitrogens with one attached hydrogen (secondary N) is 2. The topological polar surface area (TPSA) is 105 Å². The highest BCUT2D eigenvalue weighted by molar-refractivity contribution is 7.89. The van der Waals surface area contributed by atoms with E-state index in [1.54, 1.807) is 6.20 Å². The Morgan fingerprint density at radius 2 is 1.91 bits per heavy atom. The van der Waals surface area contributed by atoms with Crippen molar-refractivity contribution in [3.8, 4) is 0 Å². The van der Waals surface area contributed by atoms with Gasteiger partial charge in [-0.2, -0.15) is 0 Å². The van der Waals surface area contributed by atoms with E-state index >= 15 is 0 Å². The first-order chi connectivity index (χ1) is 17.0. The van der Waals surface area contributed by atoms with Crippen LogP contribution < -0.4 is 10.0 Å². The molecular formula is C26H31N5O3S. The van der Waals surface area contributed by atoms with Gasteiger partial charge in [0.05, 0.1) is 23.5 Å². The maximum Gasteiger partial charge on any atom is 0.271 e. The van der Waals surface area contributed by atoms with Crippen molar-refractivity contribution in [3.63, 3.8) is 0 Å². The standard InChI is InChI=1S/C26H31N5O3S/c32-22(17-30-13-12-19-6-4-5-7-20(19)15-30)14-27-26(33)24-18-31-16-21(10-11-25(31)28-24)29-35(34)23-8-2-1-3-9-23/h1-9,18,21-22,29,32H,10-17H2,(H,27,33)/t21?,22-,35?/m1/s1. The summed E-state index contributed by atoms with van der Waals surface area (Å²) in [5.74, 6) is 0.568. The van der Waals surface area contributed by atoms with Gasteiger partial charge < -0.3 is 19.5 Å². The fourth-order valence-electron chi connectivity index (χ4n) is 4.79. The molecule has 0 aliphatic carbocycles. The van der Waals surface area contributed by atoms with E-state index in [0.29, 0.717) is 25.2 Å². The number of benzene rings is 2. The van der Waals surface area contributed by atoms with Crippen molar-refractivity contribution in [3.05, 3.63) is 83.4 Å². The highest BCUT2D eigenvalue weighted by atomic mass is 32.2. The van der Waals surface area contributed by atoms with Gasteiger partial charge in [0.2, 0.25) is 0 Å². The molecule has 5 rings (SSSR count). The van der Waals surface area contributed by atoms with Crippen molar-refractivity contribution < 1.29 is 14.5 Å². The van der Waals surface area contributed by atoms with E-state index in [-0.39, 0.29) is 18.5 Å². The third kappa shape index (κ3) is 5.94. The molecule has 8 nitrogen and oxygen atoms in total. The molecule has 0 spiro atoms. The zero-order valence-electron chi connectivity index (χ0n) is 19.6. The maximum atomic E-state index is 12.7. The zero-order valence-corrected chi connectivity index (χ0v) is 20.4. The van der Waals surface area contributed by atoms with Crippen LogP contribution >= 0.6 is 0 Å². The molecule has 35 heavy (non-hydrogen) atoms. The smallest absolute Gasteiger partial charge is 0.271 e. The van der Waals surface area contributed by atoms with Crippen molar-refractivity contribution in [1.29, 1.82) is 0 Å². The molecule has 0 radical (unpaired) electrons. The second kappa shape index (κ2) is 10.9. The third-order valence-electron chi connectivity index (χ3n) is 6.63. The summed E-state index contributed by atoms with van der Waals surface area (Å²) in [6.45, 7) is 3.02. The highest BCUT2D eigenvalue weighted by Gasteiger charge is 2.26. The van der Waals surface area contributed by atoms with Crippen molar-refractivity contribution in [1.82, 2.24) is 24.5 Å². The SMILES string of the molecule is O=C(NC[C@@H](O)CN1CCc2ccccc2C1)c1cn2c(n1)CCC(N[S+]([O-])c1ccccc1)C2. The van der Waals surface area contributed by atoms with Crippen molar-refractivity contribution >= 4 is 17.3 Å². The lowest BCUT2D eigenvalue weighted by Gasteiger charge is -2.30. The van der Waals surface area contributed by atoms with Gasteiger partial charge in [-0.15, -0.1) is 4.72 Å². The number of carbonyl (C=O) groups excluding carboxylic acids is 1. The van der Waals surface area contributed by atoms with Crippen LogP contribution in [0.4, 0.5) is 0 Å². The average Bonchev–Trinajstić information content (AvgIpc) is 3.31. The Balaban J connectivity index is 1.10. The lowest BCUT2D eigenvalue weighted by atomic mass is 10.00. The van der Waals surface area contributed by atoms with Gasteiger partial charge in [-0.1, -0.05) is 42.5 Å². The number of hydrogen-bond acceptors (Lipinski definition) is 6. The van der Waals surface area contributed by atoms with Crippen LogP contribution in [0.5, 0.6) is 0 Å². The lowest BCUT2D eigenvalue weighted by Crippen LogP contribution is -2.42. The predicted molar refractivity (Wildman–Crippen MR) is 134 cm³/mol. The van der Waals surface area contributed by atoms with Crippen molar-refractivity contribution in [2.24, 2.45) is 0 Å². The molecule has 1 amide bonds. The second-order valence-electron chi connectivity index (χ2n) is 9.25. The van der Waals surface area contributed by atoms with Crippen LogP contribution in [0.2, 0.25) is 0 Å². The first-order valence-corrected chi connectivity index (χ1v) is 13.2. The lowest BCUT2D eigenvalue weighted by molar-refractivity contribution is 0.0838. The number of carbonyl (C=O) groups is 1. The van der Waals surface area contributed by atoms with E-state index in [0.717, 1.165) is 36.7 Å². The van der Waals surface area contributed by atoms with Gasteiger partial charge in [-0.3, -0.25) is 9.69 Å². The summed E-state index contributed by atoms with van der Waals surface area (Å²) in [5, 5.41) is 13.3. The van der Waals surface area contributed by atoms with Gasteiger partial charge in [0.15, 0.2) is 4.90 Å². The molecule has 184 valence electrons. The number of aliphatic hydroxyl groups excluding tert-OH is 1. The van der Waals surface area contributed by atoms with Crippen LogP contribution in [-0.2, 0) is 37.3 Å². The number of aromatic nitrogens is 2. The molecule has 2 unspecified atom stereocenters. The molecule has 2 aromatic carbocycles. The largest absolute Gasteiger partial charge is 0.593 e. The molecule has 0 saturated heterocycles. The molecule has 3 atom stereocenters. The minimum atomic E-state index is -1.28. The Hall–Kier alpha value is -2.69. The fourth-order valence-corrected chi connectivity index (χ4v) is 5.82. The van der Waals surface area contributed by atoms with Crippen LogP contribution in [0, 0.1) is 0 Å². The van der Waals surface area contributed by atoms with E-state index in [1.807, 2.05) is 41.0 Å². The van der Waals surface area contributed by atoms with Crippen LogP contribution in [0.1, 0.15) is 33.9 Å². The number of fused-ring (bicyclic) bond motifs is 2. The summed E-state index contributed by atoms with van der Waals surface area (Å²) >= 11 is -1.28. The summed E-state index contributed by atoms with van der Waals surface area (Å²) < 4.78 is 17.7. The quantitative estimate of drug-likeness (QED) is 0.412. The van der Waals surface area contributed by atoms with Gasteiger partial charge in [0, 0.05) is 45.3 Å². The fraction of sp³-hybridized carbons (Fsp3) is 0.385. The number of nitrogens with zero attached hydrogens (tertiary/aromatic N) is 3. The van der Waals surface area contributed by atoms with E-state index in [9.17, 15) is 14.5 Å². The van der Waals surface area contributed by atoms with Crippen molar-refractivity contribution in [2.45, 2.75) is 49.4 Å². The van der Waals surface area contributed by atoms with E-state index in [4.69, 9.17) is 0 Å². The molecule has 0 bridgehead atoms. The molecule has 2 aliphatic rings. The number of β-amino-alcohol motifs (C(OH)–C–C–N with tert-alkyl or cyclic N) is 1. The summed E-state index contributed by atoms with van der Waals surface area (Å²) in [4.78, 5) is 20.2. The monoisotopic (exact) mass is 493 g/mol. The van der Waals surface area contributed by atoms with Gasteiger partial charge >= 0.3 is 0 Å². The summed E-state index contributed by atoms with van der Waals surface area (Å²) in [5.41, 5.74) is 3.03. The van der Waals surface area contributed by atoms with Gasteiger partial charge in [0.1, 0.15) is 11.5 Å². The molecule has 3 N–H and O–H groups in total. The van der Waals surface area contributed by atoms with Gasteiger partial charge in [-0.05, 0) is 36.1 Å². The Morgan fingerprint density at radius 1 is 1.14 bits per heavy atom. The number of aliphatic hydroxyl groups is 1. The Labute approximate surface area is 208 Å². The van der Waals surface area contributed by atoms with E-state index in [1.165, 1.54) is 11.1 Å². The molecule has 0 saturated carbocycles. The van der Waals surface area contributed by atoms with Gasteiger partial charge in [-0.25, -0.2) is 4.98 Å². The first-order valence-electron chi connectivity index (χ1n) is 12.1. The molecule has 3 aromatic rings. The number of hydrogen-bond donors (Lipinski definition) is 3. The first kappa shape index (κ1) is 24.0. The molecule has 9 heteroatoms. The minimum absolute atomic E-state index is 0.0325. The number of rotatable bonds is 8. The van der Waals surface area contributed by atoms with Crippen LogP contribution in [0.3, 0.4) is 0 Å². The van der Waals surface area contributed by atoms with Crippen molar-refractivity contribution in [2.75, 3.05) is 19.6 Å². The summed E-state index contributed by atoms with van der Waals surface area (Å²) in [6, 6.07) is 17.8. The average molecular weight is 494 g/mol. The molecule has 1 aromatic heterocycles. The van der Waals surface area contributed by atoms with Crippen LogP contribution in [0.15, 0.2) is 65.7 Å². The van der Waals surface area contributed by atoms with Gasteiger partial charge in [0.25, 0.3) is 5.91 Å². The Kier molecular flexibility index (Phi) is 7.50. The van der Waals surface area contributed by atoms with E-state index < -0.39 is 17.5 Å². The third-order valence-corrected chi connectivity index (χ3v) is 7.88. The zero-order chi connectivity index (χ0) is 24.2. The Morgan fingerprint density at radius 3 is 2.74 bits per heavy atom. The van der Waals surface area contributed by atoms with Crippen LogP contribution in [-0.4, -0.2) is 61.8 Å². The molecule has 0 fully saturated rings. The summed E-state index contributed by atoms with van der Waals surface area (Å²) in [6.07, 6.45) is 3.58. The van der Waals surface area contributed by atoms with E-state index in [2.05, 4.69) is 38.1 Å². The maximum absolute atomic E-state index is 12.7. The normalized spacial score (nSPS) is 19.4. The highest BCUT2D eigenvalue weighted by Crippen LogP contribution is 2.19. The number of aryl methyl sites for hydroxylation is 1. The predicted octanol–water partition coefficient (Wildman–Crippen LogP) is 1.66. The molecule has 3 heterocycles.